The first-order chi connectivity index (χ1) is 8.70. The van der Waals surface area contributed by atoms with Gasteiger partial charge in [-0.3, -0.25) is 4.98 Å². The molecule has 4 nitrogen and oxygen atoms in total. The Hall–Kier alpha value is -1.13. The van der Waals surface area contributed by atoms with Gasteiger partial charge >= 0.3 is 0 Å². The van der Waals surface area contributed by atoms with E-state index in [9.17, 15) is 0 Å². The van der Waals surface area contributed by atoms with Crippen LogP contribution in [0.4, 0.5) is 0 Å². The van der Waals surface area contributed by atoms with Gasteiger partial charge in [-0.15, -0.1) is 0 Å². The van der Waals surface area contributed by atoms with E-state index < -0.39 is 0 Å². The van der Waals surface area contributed by atoms with Crippen LogP contribution in [-0.2, 0) is 11.3 Å². The summed E-state index contributed by atoms with van der Waals surface area (Å²) < 4.78 is 11.0. The summed E-state index contributed by atoms with van der Waals surface area (Å²) in [7, 11) is 1.69. The number of rotatable bonds is 8. The van der Waals surface area contributed by atoms with E-state index >= 15 is 0 Å². The molecular weight excluding hydrogens is 228 g/mol. The SMILES string of the molecule is CCCNCCOCc1ncc(C)c(OC)c1C. The minimum Gasteiger partial charge on any atom is -0.496 e. The summed E-state index contributed by atoms with van der Waals surface area (Å²) in [5.41, 5.74) is 3.08. The van der Waals surface area contributed by atoms with Crippen molar-refractivity contribution >= 4 is 0 Å². The third kappa shape index (κ3) is 4.27. The second-order valence-electron chi connectivity index (χ2n) is 4.35. The zero-order chi connectivity index (χ0) is 13.4. The molecule has 102 valence electrons. The van der Waals surface area contributed by atoms with Gasteiger partial charge in [0, 0.05) is 23.9 Å². The molecule has 1 heterocycles. The van der Waals surface area contributed by atoms with Crippen molar-refractivity contribution in [3.8, 4) is 5.75 Å². The Labute approximate surface area is 110 Å². The van der Waals surface area contributed by atoms with Crippen molar-refractivity contribution in [2.45, 2.75) is 33.8 Å². The standard InChI is InChI=1S/C14H24N2O2/c1-5-6-15-7-8-18-10-13-12(3)14(17-4)11(2)9-16-13/h9,15H,5-8,10H2,1-4H3. The van der Waals surface area contributed by atoms with Gasteiger partial charge in [0.2, 0.25) is 0 Å². The number of hydrogen-bond acceptors (Lipinski definition) is 4. The smallest absolute Gasteiger partial charge is 0.128 e. The van der Waals surface area contributed by atoms with Crippen molar-refractivity contribution in [1.82, 2.24) is 10.3 Å². The van der Waals surface area contributed by atoms with E-state index in [1.165, 1.54) is 0 Å². The lowest BCUT2D eigenvalue weighted by Crippen LogP contribution is -2.20. The van der Waals surface area contributed by atoms with Crippen molar-refractivity contribution in [2.24, 2.45) is 0 Å². The molecule has 1 aromatic heterocycles. The molecule has 0 bridgehead atoms. The number of ether oxygens (including phenoxy) is 2. The van der Waals surface area contributed by atoms with Gasteiger partial charge in [-0.2, -0.15) is 0 Å². The van der Waals surface area contributed by atoms with E-state index in [1.54, 1.807) is 7.11 Å². The highest BCUT2D eigenvalue weighted by Crippen LogP contribution is 2.24. The van der Waals surface area contributed by atoms with Crippen molar-refractivity contribution in [3.05, 3.63) is 23.0 Å². The average Bonchev–Trinajstić information content (AvgIpc) is 2.36. The molecule has 0 fully saturated rings. The summed E-state index contributed by atoms with van der Waals surface area (Å²) >= 11 is 0. The zero-order valence-electron chi connectivity index (χ0n) is 11.9. The van der Waals surface area contributed by atoms with Gasteiger partial charge in [-0.05, 0) is 26.8 Å². The average molecular weight is 252 g/mol. The van der Waals surface area contributed by atoms with Gasteiger partial charge in [0.25, 0.3) is 0 Å². The molecule has 4 heteroatoms. The van der Waals surface area contributed by atoms with Crippen LogP contribution in [0.5, 0.6) is 5.75 Å². The Bertz CT molecular complexity index is 367. The topological polar surface area (TPSA) is 43.4 Å². The molecule has 0 aromatic carbocycles. The van der Waals surface area contributed by atoms with E-state index in [1.807, 2.05) is 20.0 Å². The number of aromatic nitrogens is 1. The predicted octanol–water partition coefficient (Wildman–Crippen LogP) is 2.22. The maximum absolute atomic E-state index is 5.61. The minimum absolute atomic E-state index is 0.538. The Kier molecular flexibility index (Phi) is 6.68. The van der Waals surface area contributed by atoms with Crippen LogP contribution in [0.15, 0.2) is 6.20 Å². The quantitative estimate of drug-likeness (QED) is 0.720. The summed E-state index contributed by atoms with van der Waals surface area (Å²) in [6.45, 7) is 9.34. The second kappa shape index (κ2) is 8.06. The lowest BCUT2D eigenvalue weighted by Gasteiger charge is -2.12. The molecule has 0 aliphatic rings. The van der Waals surface area contributed by atoms with Crippen molar-refractivity contribution < 1.29 is 9.47 Å². The third-order valence-corrected chi connectivity index (χ3v) is 2.84. The molecule has 0 atom stereocenters. The monoisotopic (exact) mass is 252 g/mol. The summed E-state index contributed by atoms with van der Waals surface area (Å²) in [5.74, 6) is 0.910. The van der Waals surface area contributed by atoms with Crippen LogP contribution in [0.3, 0.4) is 0 Å². The first-order valence-electron chi connectivity index (χ1n) is 6.48. The zero-order valence-corrected chi connectivity index (χ0v) is 11.9. The van der Waals surface area contributed by atoms with Gasteiger partial charge in [-0.25, -0.2) is 0 Å². The molecular formula is C14H24N2O2. The molecule has 0 unspecified atom stereocenters. The van der Waals surface area contributed by atoms with E-state index in [2.05, 4.69) is 17.2 Å². The highest BCUT2D eigenvalue weighted by molar-refractivity contribution is 5.40. The largest absolute Gasteiger partial charge is 0.496 e. The number of hydrogen-bond donors (Lipinski definition) is 1. The van der Waals surface area contributed by atoms with Crippen LogP contribution in [-0.4, -0.2) is 31.8 Å². The number of pyridine rings is 1. The molecule has 1 aromatic rings. The highest BCUT2D eigenvalue weighted by Gasteiger charge is 2.09. The van der Waals surface area contributed by atoms with Crippen LogP contribution in [0, 0.1) is 13.8 Å². The minimum atomic E-state index is 0.538. The Morgan fingerprint density at radius 1 is 1.28 bits per heavy atom. The first kappa shape index (κ1) is 14.9. The molecule has 0 saturated carbocycles. The Morgan fingerprint density at radius 2 is 2.06 bits per heavy atom. The number of aryl methyl sites for hydroxylation is 1. The van der Waals surface area contributed by atoms with Crippen LogP contribution < -0.4 is 10.1 Å². The molecule has 18 heavy (non-hydrogen) atoms. The van der Waals surface area contributed by atoms with Crippen molar-refractivity contribution in [2.75, 3.05) is 26.8 Å². The lowest BCUT2D eigenvalue weighted by molar-refractivity contribution is 0.119. The fourth-order valence-electron chi connectivity index (χ4n) is 1.83. The van der Waals surface area contributed by atoms with Crippen LogP contribution >= 0.6 is 0 Å². The highest BCUT2D eigenvalue weighted by atomic mass is 16.5. The molecule has 0 spiro atoms. The molecule has 0 saturated heterocycles. The van der Waals surface area contributed by atoms with Crippen molar-refractivity contribution in [1.29, 1.82) is 0 Å². The molecule has 0 aliphatic heterocycles. The van der Waals surface area contributed by atoms with E-state index in [0.717, 1.165) is 42.1 Å². The maximum Gasteiger partial charge on any atom is 0.128 e. The molecule has 0 aliphatic carbocycles. The molecule has 1 rings (SSSR count). The second-order valence-corrected chi connectivity index (χ2v) is 4.35. The summed E-state index contributed by atoms with van der Waals surface area (Å²) in [4.78, 5) is 4.39. The lowest BCUT2D eigenvalue weighted by atomic mass is 10.1. The van der Waals surface area contributed by atoms with E-state index in [4.69, 9.17) is 9.47 Å². The summed E-state index contributed by atoms with van der Waals surface area (Å²) in [6, 6.07) is 0. The normalized spacial score (nSPS) is 10.7. The third-order valence-electron chi connectivity index (χ3n) is 2.84. The Balaban J connectivity index is 2.43. The Morgan fingerprint density at radius 3 is 2.72 bits per heavy atom. The van der Waals surface area contributed by atoms with Crippen LogP contribution in [0.2, 0.25) is 0 Å². The van der Waals surface area contributed by atoms with Crippen molar-refractivity contribution in [3.63, 3.8) is 0 Å². The molecule has 1 N–H and O–H groups in total. The summed E-state index contributed by atoms with van der Waals surface area (Å²) in [5, 5.41) is 3.30. The fourth-order valence-corrected chi connectivity index (χ4v) is 1.83. The van der Waals surface area contributed by atoms with Crippen LogP contribution in [0.25, 0.3) is 0 Å². The molecule has 0 amide bonds. The van der Waals surface area contributed by atoms with E-state index in [-0.39, 0.29) is 0 Å². The van der Waals surface area contributed by atoms with Gasteiger partial charge in [-0.1, -0.05) is 6.92 Å². The fraction of sp³-hybridized carbons (Fsp3) is 0.643. The number of nitrogens with one attached hydrogen (secondary N) is 1. The first-order valence-corrected chi connectivity index (χ1v) is 6.48. The van der Waals surface area contributed by atoms with E-state index in [0.29, 0.717) is 13.2 Å². The van der Waals surface area contributed by atoms with Gasteiger partial charge in [0.05, 0.1) is 26.0 Å². The van der Waals surface area contributed by atoms with Gasteiger partial charge in [0.15, 0.2) is 0 Å². The maximum atomic E-state index is 5.61. The predicted molar refractivity (Wildman–Crippen MR) is 73.1 cm³/mol. The van der Waals surface area contributed by atoms with Gasteiger partial charge in [0.1, 0.15) is 5.75 Å². The molecule has 0 radical (unpaired) electrons. The number of nitrogens with zero attached hydrogens (tertiary/aromatic N) is 1. The summed E-state index contributed by atoms with van der Waals surface area (Å²) in [6.07, 6.45) is 2.98. The van der Waals surface area contributed by atoms with Gasteiger partial charge < -0.3 is 14.8 Å². The van der Waals surface area contributed by atoms with Crippen LogP contribution in [0.1, 0.15) is 30.2 Å². The number of methoxy groups -OCH3 is 1.